The standard InChI is InChI=1S/C26H29N3O4/c1-29(17-20-13-14-21(32-2)15-24(20)33-3)18-25(30)28-23-12-8-7-11-22(23)26(31)27-16-19-9-5-4-6-10-19/h4-15H,16-18H2,1-3H3,(H,27,31)(H,28,30). The molecule has 33 heavy (non-hydrogen) atoms. The van der Waals surface area contributed by atoms with Gasteiger partial charge in [0.05, 0.1) is 32.0 Å². The number of methoxy groups -OCH3 is 2. The van der Waals surface area contributed by atoms with E-state index in [2.05, 4.69) is 10.6 Å². The fourth-order valence-electron chi connectivity index (χ4n) is 3.43. The molecule has 7 nitrogen and oxygen atoms in total. The van der Waals surface area contributed by atoms with Crippen LogP contribution in [0.3, 0.4) is 0 Å². The fourth-order valence-corrected chi connectivity index (χ4v) is 3.43. The molecule has 0 aliphatic carbocycles. The van der Waals surface area contributed by atoms with E-state index in [1.807, 2.05) is 60.5 Å². The number of hydrogen-bond acceptors (Lipinski definition) is 5. The van der Waals surface area contributed by atoms with Gasteiger partial charge in [-0.1, -0.05) is 48.5 Å². The van der Waals surface area contributed by atoms with Crippen LogP contribution in [0.4, 0.5) is 5.69 Å². The van der Waals surface area contributed by atoms with E-state index in [0.29, 0.717) is 35.8 Å². The SMILES string of the molecule is COc1ccc(CN(C)CC(=O)Nc2ccccc2C(=O)NCc2ccccc2)c(OC)c1. The summed E-state index contributed by atoms with van der Waals surface area (Å²) in [7, 11) is 5.05. The summed E-state index contributed by atoms with van der Waals surface area (Å²) in [4.78, 5) is 27.3. The van der Waals surface area contributed by atoms with Crippen LogP contribution < -0.4 is 20.1 Å². The molecule has 0 spiro atoms. The number of likely N-dealkylation sites (N-methyl/N-ethyl adjacent to an activating group) is 1. The van der Waals surface area contributed by atoms with Gasteiger partial charge in [-0.25, -0.2) is 0 Å². The number of para-hydroxylation sites is 1. The first kappa shape index (κ1) is 23.8. The maximum absolute atomic E-state index is 12.7. The van der Waals surface area contributed by atoms with E-state index in [1.54, 1.807) is 38.5 Å². The third-order valence-electron chi connectivity index (χ3n) is 5.09. The topological polar surface area (TPSA) is 79.9 Å². The van der Waals surface area contributed by atoms with Crippen molar-refractivity contribution in [1.29, 1.82) is 0 Å². The molecule has 2 amide bonds. The molecule has 3 aromatic rings. The van der Waals surface area contributed by atoms with Crippen molar-refractivity contribution in [2.45, 2.75) is 13.1 Å². The Labute approximate surface area is 194 Å². The van der Waals surface area contributed by atoms with Crippen LogP contribution in [0.15, 0.2) is 72.8 Å². The molecular weight excluding hydrogens is 418 g/mol. The van der Waals surface area contributed by atoms with Crippen LogP contribution >= 0.6 is 0 Å². The van der Waals surface area contributed by atoms with E-state index in [1.165, 1.54) is 0 Å². The van der Waals surface area contributed by atoms with Gasteiger partial charge in [0.25, 0.3) is 5.91 Å². The summed E-state index contributed by atoms with van der Waals surface area (Å²) in [6, 6.07) is 22.2. The predicted molar refractivity (Wildman–Crippen MR) is 129 cm³/mol. The molecule has 0 aliphatic rings. The van der Waals surface area contributed by atoms with E-state index < -0.39 is 0 Å². The third kappa shape index (κ3) is 6.82. The zero-order valence-electron chi connectivity index (χ0n) is 19.1. The molecule has 172 valence electrons. The fraction of sp³-hybridized carbons (Fsp3) is 0.231. The molecule has 2 N–H and O–H groups in total. The Morgan fingerprint density at radius 3 is 2.36 bits per heavy atom. The molecule has 0 aromatic heterocycles. The number of rotatable bonds is 10. The van der Waals surface area contributed by atoms with Gasteiger partial charge in [0, 0.05) is 24.7 Å². The lowest BCUT2D eigenvalue weighted by molar-refractivity contribution is -0.117. The van der Waals surface area contributed by atoms with Crippen LogP contribution in [0.5, 0.6) is 11.5 Å². The lowest BCUT2D eigenvalue weighted by Gasteiger charge is -2.19. The molecule has 0 bridgehead atoms. The lowest BCUT2D eigenvalue weighted by atomic mass is 10.1. The molecule has 0 heterocycles. The number of carbonyl (C=O) groups excluding carboxylic acids is 2. The van der Waals surface area contributed by atoms with Gasteiger partial charge in [-0.05, 0) is 30.8 Å². The molecule has 0 atom stereocenters. The Kier molecular flexibility index (Phi) is 8.43. The van der Waals surface area contributed by atoms with E-state index in [0.717, 1.165) is 11.1 Å². The molecule has 0 aliphatic heterocycles. The summed E-state index contributed by atoms with van der Waals surface area (Å²) in [5.41, 5.74) is 2.84. The molecule has 0 saturated carbocycles. The number of anilines is 1. The molecule has 3 aromatic carbocycles. The van der Waals surface area contributed by atoms with Crippen LogP contribution in [0, 0.1) is 0 Å². The number of benzene rings is 3. The Bertz CT molecular complexity index is 1090. The van der Waals surface area contributed by atoms with E-state index in [4.69, 9.17) is 9.47 Å². The maximum Gasteiger partial charge on any atom is 0.253 e. The van der Waals surface area contributed by atoms with Gasteiger partial charge in [-0.15, -0.1) is 0 Å². The van der Waals surface area contributed by atoms with E-state index in [9.17, 15) is 9.59 Å². The van der Waals surface area contributed by atoms with Crippen molar-refractivity contribution in [3.8, 4) is 11.5 Å². The summed E-state index contributed by atoms with van der Waals surface area (Å²) in [6.45, 7) is 1.07. The molecule has 0 saturated heterocycles. The smallest absolute Gasteiger partial charge is 0.253 e. The van der Waals surface area contributed by atoms with Gasteiger partial charge in [-0.2, -0.15) is 0 Å². The minimum atomic E-state index is -0.244. The second-order valence-corrected chi connectivity index (χ2v) is 7.61. The quantitative estimate of drug-likeness (QED) is 0.495. The average Bonchev–Trinajstić information content (AvgIpc) is 2.83. The highest BCUT2D eigenvalue weighted by atomic mass is 16.5. The van der Waals surface area contributed by atoms with Gasteiger partial charge in [-0.3, -0.25) is 14.5 Å². The summed E-state index contributed by atoms with van der Waals surface area (Å²) in [6.07, 6.45) is 0. The molecule has 3 rings (SSSR count). The first-order chi connectivity index (χ1) is 16.0. The summed E-state index contributed by atoms with van der Waals surface area (Å²) < 4.78 is 10.7. The van der Waals surface area contributed by atoms with Crippen molar-refractivity contribution in [2.75, 3.05) is 33.1 Å². The van der Waals surface area contributed by atoms with Crippen molar-refractivity contribution in [2.24, 2.45) is 0 Å². The van der Waals surface area contributed by atoms with Crippen molar-refractivity contribution in [3.05, 3.63) is 89.5 Å². The number of nitrogens with zero attached hydrogens (tertiary/aromatic N) is 1. The van der Waals surface area contributed by atoms with Gasteiger partial charge in [0.1, 0.15) is 11.5 Å². The summed E-state index contributed by atoms with van der Waals surface area (Å²) >= 11 is 0. The molecule has 0 unspecified atom stereocenters. The van der Waals surface area contributed by atoms with Crippen molar-refractivity contribution >= 4 is 17.5 Å². The van der Waals surface area contributed by atoms with Gasteiger partial charge < -0.3 is 20.1 Å². The third-order valence-corrected chi connectivity index (χ3v) is 5.09. The Morgan fingerprint density at radius 2 is 1.64 bits per heavy atom. The first-order valence-electron chi connectivity index (χ1n) is 10.6. The molecule has 0 radical (unpaired) electrons. The number of nitrogens with one attached hydrogen (secondary N) is 2. The zero-order chi connectivity index (χ0) is 23.6. The summed E-state index contributed by atoms with van der Waals surface area (Å²) in [5, 5.41) is 5.76. The highest BCUT2D eigenvalue weighted by Gasteiger charge is 2.15. The van der Waals surface area contributed by atoms with Crippen molar-refractivity contribution in [1.82, 2.24) is 10.2 Å². The number of ether oxygens (including phenoxy) is 2. The van der Waals surface area contributed by atoms with Crippen LogP contribution in [0.1, 0.15) is 21.5 Å². The Balaban J connectivity index is 1.59. The number of amides is 2. The second kappa shape index (κ2) is 11.7. The van der Waals surface area contributed by atoms with E-state index in [-0.39, 0.29) is 18.4 Å². The molecular formula is C26H29N3O4. The van der Waals surface area contributed by atoms with Crippen LogP contribution in [-0.4, -0.2) is 44.5 Å². The monoisotopic (exact) mass is 447 g/mol. The Hall–Kier alpha value is -3.84. The van der Waals surface area contributed by atoms with Gasteiger partial charge in [0.2, 0.25) is 5.91 Å². The van der Waals surface area contributed by atoms with Crippen LogP contribution in [0.2, 0.25) is 0 Å². The van der Waals surface area contributed by atoms with E-state index >= 15 is 0 Å². The lowest BCUT2D eigenvalue weighted by Crippen LogP contribution is -2.31. The number of hydrogen-bond donors (Lipinski definition) is 2. The summed E-state index contributed by atoms with van der Waals surface area (Å²) in [5.74, 6) is 0.944. The molecule has 7 heteroatoms. The van der Waals surface area contributed by atoms with Crippen molar-refractivity contribution < 1.29 is 19.1 Å². The highest BCUT2D eigenvalue weighted by molar-refractivity contribution is 6.04. The average molecular weight is 448 g/mol. The largest absolute Gasteiger partial charge is 0.497 e. The molecule has 0 fully saturated rings. The van der Waals surface area contributed by atoms with Crippen LogP contribution in [-0.2, 0) is 17.9 Å². The van der Waals surface area contributed by atoms with Gasteiger partial charge in [0.15, 0.2) is 0 Å². The minimum Gasteiger partial charge on any atom is -0.497 e. The predicted octanol–water partition coefficient (Wildman–Crippen LogP) is 3.70. The minimum absolute atomic E-state index is 0.148. The zero-order valence-corrected chi connectivity index (χ0v) is 19.1. The van der Waals surface area contributed by atoms with Gasteiger partial charge >= 0.3 is 0 Å². The normalized spacial score (nSPS) is 10.5. The second-order valence-electron chi connectivity index (χ2n) is 7.61. The maximum atomic E-state index is 12.7. The Morgan fingerprint density at radius 1 is 0.909 bits per heavy atom. The van der Waals surface area contributed by atoms with Crippen LogP contribution in [0.25, 0.3) is 0 Å². The first-order valence-corrected chi connectivity index (χ1v) is 10.6. The highest BCUT2D eigenvalue weighted by Crippen LogP contribution is 2.25. The number of carbonyl (C=O) groups is 2. The van der Waals surface area contributed by atoms with Crippen molar-refractivity contribution in [3.63, 3.8) is 0 Å².